The largest absolute Gasteiger partial charge is 0.491 e. The van der Waals surface area contributed by atoms with E-state index in [0.29, 0.717) is 33.7 Å². The normalized spacial score (nSPS) is 10.8. The molecule has 0 unspecified atom stereocenters. The molecule has 0 aromatic heterocycles. The van der Waals surface area contributed by atoms with E-state index >= 15 is 0 Å². The molecular weight excluding hydrogens is 345 g/mol. The fourth-order valence-corrected chi connectivity index (χ4v) is 2.55. The van der Waals surface area contributed by atoms with Gasteiger partial charge >= 0.3 is 0 Å². The Morgan fingerprint density at radius 3 is 2.54 bits per heavy atom. The SMILES string of the molecule is CCCCOc1ccccc1NC(=O)/C=C/c1c(Cl)cccc1Cl. The van der Waals surface area contributed by atoms with Crippen LogP contribution in [0.5, 0.6) is 5.75 Å². The molecule has 2 aromatic carbocycles. The molecule has 0 aliphatic carbocycles. The van der Waals surface area contributed by atoms with Crippen LogP contribution in [0.4, 0.5) is 5.69 Å². The Kier molecular flexibility index (Phi) is 7.16. The van der Waals surface area contributed by atoms with E-state index in [4.69, 9.17) is 27.9 Å². The van der Waals surface area contributed by atoms with Crippen LogP contribution in [0.15, 0.2) is 48.5 Å². The van der Waals surface area contributed by atoms with Crippen LogP contribution in [0, 0.1) is 0 Å². The average Bonchev–Trinajstić information content (AvgIpc) is 2.56. The predicted molar refractivity (Wildman–Crippen MR) is 101 cm³/mol. The molecule has 1 N–H and O–H groups in total. The first-order valence-electron chi connectivity index (χ1n) is 7.76. The third kappa shape index (κ3) is 5.29. The summed E-state index contributed by atoms with van der Waals surface area (Å²) < 4.78 is 5.70. The molecule has 0 spiro atoms. The number of halogens is 2. The van der Waals surface area contributed by atoms with Gasteiger partial charge in [-0.15, -0.1) is 0 Å². The first kappa shape index (κ1) is 18.4. The van der Waals surface area contributed by atoms with Crippen LogP contribution in [-0.2, 0) is 4.79 Å². The number of carbonyl (C=O) groups excluding carboxylic acids is 1. The van der Waals surface area contributed by atoms with E-state index in [1.165, 1.54) is 6.08 Å². The molecule has 3 nitrogen and oxygen atoms in total. The number of rotatable bonds is 7. The average molecular weight is 364 g/mol. The van der Waals surface area contributed by atoms with Gasteiger partial charge in [0.2, 0.25) is 5.91 Å². The summed E-state index contributed by atoms with van der Waals surface area (Å²) in [4.78, 5) is 12.2. The lowest BCUT2D eigenvalue weighted by atomic mass is 10.2. The van der Waals surface area contributed by atoms with E-state index in [1.54, 1.807) is 30.3 Å². The number of benzene rings is 2. The van der Waals surface area contributed by atoms with E-state index in [-0.39, 0.29) is 5.91 Å². The standard InChI is InChI=1S/C19H19Cl2NO2/c1-2-3-13-24-18-10-5-4-9-17(18)22-19(23)12-11-14-15(20)7-6-8-16(14)21/h4-12H,2-3,13H2,1H3,(H,22,23)/b12-11+. The maximum atomic E-state index is 12.2. The zero-order valence-corrected chi connectivity index (χ0v) is 14.9. The highest BCUT2D eigenvalue weighted by atomic mass is 35.5. The number of hydrogen-bond acceptors (Lipinski definition) is 2. The Hall–Kier alpha value is -1.97. The van der Waals surface area contributed by atoms with Gasteiger partial charge in [0.1, 0.15) is 5.75 Å². The van der Waals surface area contributed by atoms with Crippen molar-refractivity contribution in [3.63, 3.8) is 0 Å². The van der Waals surface area contributed by atoms with Crippen molar-refractivity contribution in [1.82, 2.24) is 0 Å². The topological polar surface area (TPSA) is 38.3 Å². The van der Waals surface area contributed by atoms with Gasteiger partial charge in [0.25, 0.3) is 0 Å². The summed E-state index contributed by atoms with van der Waals surface area (Å²) in [7, 11) is 0. The summed E-state index contributed by atoms with van der Waals surface area (Å²) in [5.41, 5.74) is 1.25. The van der Waals surface area contributed by atoms with Crippen LogP contribution in [0.1, 0.15) is 25.3 Å². The molecule has 5 heteroatoms. The Balaban J connectivity index is 2.06. The van der Waals surface area contributed by atoms with E-state index in [2.05, 4.69) is 12.2 Å². The van der Waals surface area contributed by atoms with Gasteiger partial charge in [0, 0.05) is 21.7 Å². The molecule has 0 heterocycles. The van der Waals surface area contributed by atoms with Crippen LogP contribution in [-0.4, -0.2) is 12.5 Å². The van der Waals surface area contributed by atoms with Crippen molar-refractivity contribution in [2.24, 2.45) is 0 Å². The molecule has 0 fully saturated rings. The van der Waals surface area contributed by atoms with Crippen molar-refractivity contribution < 1.29 is 9.53 Å². The third-order valence-electron chi connectivity index (χ3n) is 3.30. The molecule has 24 heavy (non-hydrogen) atoms. The molecule has 0 saturated heterocycles. The van der Waals surface area contributed by atoms with E-state index in [9.17, 15) is 4.79 Å². The van der Waals surface area contributed by atoms with Crippen molar-refractivity contribution in [3.05, 3.63) is 64.1 Å². The summed E-state index contributed by atoms with van der Waals surface area (Å²) in [5.74, 6) is 0.376. The van der Waals surface area contributed by atoms with E-state index in [0.717, 1.165) is 12.8 Å². The lowest BCUT2D eigenvalue weighted by Gasteiger charge is -2.11. The molecule has 0 aliphatic heterocycles. The summed E-state index contributed by atoms with van der Waals surface area (Å²) >= 11 is 12.2. The maximum absolute atomic E-state index is 12.2. The second-order valence-corrected chi connectivity index (χ2v) is 5.97. The minimum absolute atomic E-state index is 0.280. The summed E-state index contributed by atoms with van der Waals surface area (Å²) in [6, 6.07) is 12.6. The van der Waals surface area contributed by atoms with Crippen molar-refractivity contribution in [1.29, 1.82) is 0 Å². The molecule has 0 radical (unpaired) electrons. The Morgan fingerprint density at radius 1 is 1.12 bits per heavy atom. The van der Waals surface area contributed by atoms with Gasteiger partial charge < -0.3 is 10.1 Å². The van der Waals surface area contributed by atoms with Gasteiger partial charge in [-0.05, 0) is 36.8 Å². The molecule has 126 valence electrons. The van der Waals surface area contributed by atoms with Gasteiger partial charge in [-0.25, -0.2) is 0 Å². The second kappa shape index (κ2) is 9.36. The Bertz CT molecular complexity index is 709. The first-order chi connectivity index (χ1) is 11.6. The molecule has 2 aromatic rings. The number of hydrogen-bond donors (Lipinski definition) is 1. The number of anilines is 1. The monoisotopic (exact) mass is 363 g/mol. The second-order valence-electron chi connectivity index (χ2n) is 5.16. The number of nitrogens with one attached hydrogen (secondary N) is 1. The molecule has 0 bridgehead atoms. The van der Waals surface area contributed by atoms with Crippen LogP contribution < -0.4 is 10.1 Å². The Morgan fingerprint density at radius 2 is 1.83 bits per heavy atom. The number of unbranched alkanes of at least 4 members (excludes halogenated alkanes) is 1. The van der Waals surface area contributed by atoms with Gasteiger partial charge in [0.15, 0.2) is 0 Å². The quantitative estimate of drug-likeness (QED) is 0.496. The molecule has 1 amide bonds. The molecule has 0 saturated carbocycles. The van der Waals surface area contributed by atoms with E-state index in [1.807, 2.05) is 18.2 Å². The Labute approximate surface area is 152 Å². The van der Waals surface area contributed by atoms with Crippen LogP contribution in [0.3, 0.4) is 0 Å². The fourth-order valence-electron chi connectivity index (χ4n) is 2.03. The summed E-state index contributed by atoms with van der Waals surface area (Å²) in [6.45, 7) is 2.72. The molecule has 2 rings (SSSR count). The highest BCUT2D eigenvalue weighted by molar-refractivity contribution is 6.37. The maximum Gasteiger partial charge on any atom is 0.248 e. The highest BCUT2D eigenvalue weighted by Gasteiger charge is 2.06. The van der Waals surface area contributed by atoms with Gasteiger partial charge in [-0.2, -0.15) is 0 Å². The highest BCUT2D eigenvalue weighted by Crippen LogP contribution is 2.26. The third-order valence-corrected chi connectivity index (χ3v) is 3.96. The van der Waals surface area contributed by atoms with Crippen molar-refractivity contribution in [2.45, 2.75) is 19.8 Å². The number of amides is 1. The van der Waals surface area contributed by atoms with Gasteiger partial charge in [-0.3, -0.25) is 4.79 Å². The fraction of sp³-hybridized carbons (Fsp3) is 0.211. The zero-order valence-electron chi connectivity index (χ0n) is 13.4. The summed E-state index contributed by atoms with van der Waals surface area (Å²) in [6.07, 6.45) is 5.01. The zero-order chi connectivity index (χ0) is 17.4. The van der Waals surface area contributed by atoms with Crippen LogP contribution >= 0.6 is 23.2 Å². The minimum Gasteiger partial charge on any atom is -0.491 e. The smallest absolute Gasteiger partial charge is 0.248 e. The van der Waals surface area contributed by atoms with E-state index < -0.39 is 0 Å². The van der Waals surface area contributed by atoms with Gasteiger partial charge in [0.05, 0.1) is 12.3 Å². The van der Waals surface area contributed by atoms with Crippen molar-refractivity contribution >= 4 is 40.9 Å². The van der Waals surface area contributed by atoms with Crippen molar-refractivity contribution in [2.75, 3.05) is 11.9 Å². The molecule has 0 atom stereocenters. The number of ether oxygens (including phenoxy) is 1. The van der Waals surface area contributed by atoms with Crippen molar-refractivity contribution in [3.8, 4) is 5.75 Å². The number of carbonyl (C=O) groups is 1. The predicted octanol–water partition coefficient (Wildman–Crippen LogP) is 5.82. The lowest BCUT2D eigenvalue weighted by Crippen LogP contribution is -2.09. The minimum atomic E-state index is -0.280. The molecule has 0 aliphatic rings. The summed E-state index contributed by atoms with van der Waals surface area (Å²) in [5, 5.41) is 3.80. The number of para-hydroxylation sites is 2. The first-order valence-corrected chi connectivity index (χ1v) is 8.52. The van der Waals surface area contributed by atoms with Crippen LogP contribution in [0.25, 0.3) is 6.08 Å². The lowest BCUT2D eigenvalue weighted by molar-refractivity contribution is -0.111. The molecular formula is C19H19Cl2NO2. The van der Waals surface area contributed by atoms with Crippen LogP contribution in [0.2, 0.25) is 10.0 Å². The van der Waals surface area contributed by atoms with Gasteiger partial charge in [-0.1, -0.05) is 54.7 Å².